The zero-order valence-electron chi connectivity index (χ0n) is 10.7. The van der Waals surface area contributed by atoms with E-state index in [-0.39, 0.29) is 19.0 Å². The maximum atomic E-state index is 12.5. The Balaban J connectivity index is 2.19. The minimum absolute atomic E-state index is 0.0109. The first-order valence-electron chi connectivity index (χ1n) is 6.28. The molecule has 1 atom stereocenters. The van der Waals surface area contributed by atoms with E-state index in [4.69, 9.17) is 5.26 Å². The maximum absolute atomic E-state index is 12.5. The molecule has 2 rings (SSSR count). The van der Waals surface area contributed by atoms with Gasteiger partial charge in [-0.15, -0.1) is 0 Å². The zero-order chi connectivity index (χ0) is 14.8. The lowest BCUT2D eigenvalue weighted by Gasteiger charge is -2.33. The van der Waals surface area contributed by atoms with Crippen molar-refractivity contribution in [2.75, 3.05) is 13.1 Å². The number of halogens is 3. The molecule has 1 fully saturated rings. The minimum atomic E-state index is -4.84. The summed E-state index contributed by atoms with van der Waals surface area (Å²) in [6.07, 6.45) is -3.65. The van der Waals surface area contributed by atoms with Crippen molar-refractivity contribution in [3.63, 3.8) is 0 Å². The third-order valence-corrected chi connectivity index (χ3v) is 3.47. The summed E-state index contributed by atoms with van der Waals surface area (Å²) in [5, 5.41) is 9.04. The van der Waals surface area contributed by atoms with Crippen LogP contribution in [-0.4, -0.2) is 30.1 Å². The molecule has 1 amide bonds. The summed E-state index contributed by atoms with van der Waals surface area (Å²) in [4.78, 5) is 12.1. The molecule has 0 unspecified atom stereocenters. The van der Waals surface area contributed by atoms with Crippen LogP contribution in [0.5, 0.6) is 0 Å². The lowest BCUT2D eigenvalue weighted by atomic mass is 9.88. The van der Waals surface area contributed by atoms with Gasteiger partial charge in [0.2, 0.25) is 0 Å². The third kappa shape index (κ3) is 2.93. The molecular weight excluding hydrogens is 269 g/mol. The average molecular weight is 282 g/mol. The standard InChI is InChI=1S/C14H13F3N2O/c15-14(16,17)13(20)19-7-3-5-11(9-19)12-6-2-1-4-10(12)8-18/h1-2,4,6,11H,3,5,7,9H2/t11-/m0/s1. The van der Waals surface area contributed by atoms with Gasteiger partial charge in [-0.05, 0) is 24.5 Å². The SMILES string of the molecule is N#Cc1ccccc1[C@H]1CCCN(C(=O)C(F)(F)F)C1. The van der Waals surface area contributed by atoms with Crippen LogP contribution in [-0.2, 0) is 4.79 Å². The van der Waals surface area contributed by atoms with Gasteiger partial charge in [0, 0.05) is 19.0 Å². The fourth-order valence-electron chi connectivity index (χ4n) is 2.55. The molecule has 6 heteroatoms. The molecule has 106 valence electrons. The van der Waals surface area contributed by atoms with Crippen molar-refractivity contribution in [3.8, 4) is 6.07 Å². The van der Waals surface area contributed by atoms with E-state index in [1.165, 1.54) is 0 Å². The number of piperidine rings is 1. The zero-order valence-corrected chi connectivity index (χ0v) is 10.7. The van der Waals surface area contributed by atoms with Crippen molar-refractivity contribution < 1.29 is 18.0 Å². The quantitative estimate of drug-likeness (QED) is 0.795. The van der Waals surface area contributed by atoms with Gasteiger partial charge in [-0.25, -0.2) is 0 Å². The fraction of sp³-hybridized carbons (Fsp3) is 0.429. The number of hydrogen-bond acceptors (Lipinski definition) is 2. The van der Waals surface area contributed by atoms with Gasteiger partial charge < -0.3 is 4.90 Å². The summed E-state index contributed by atoms with van der Waals surface area (Å²) >= 11 is 0. The number of nitriles is 1. The molecule has 20 heavy (non-hydrogen) atoms. The highest BCUT2D eigenvalue weighted by molar-refractivity contribution is 5.82. The summed E-state index contributed by atoms with van der Waals surface area (Å²) < 4.78 is 37.4. The topological polar surface area (TPSA) is 44.1 Å². The molecule has 1 saturated heterocycles. The van der Waals surface area contributed by atoms with Gasteiger partial charge in [-0.1, -0.05) is 18.2 Å². The molecule has 0 spiro atoms. The smallest absolute Gasteiger partial charge is 0.334 e. The predicted octanol–water partition coefficient (Wildman–Crippen LogP) is 2.83. The van der Waals surface area contributed by atoms with E-state index < -0.39 is 12.1 Å². The highest BCUT2D eigenvalue weighted by atomic mass is 19.4. The summed E-state index contributed by atoms with van der Waals surface area (Å²) in [6, 6.07) is 8.88. The second kappa shape index (κ2) is 5.53. The molecule has 1 aromatic carbocycles. The fourth-order valence-corrected chi connectivity index (χ4v) is 2.55. The number of benzene rings is 1. The second-order valence-electron chi connectivity index (χ2n) is 4.79. The highest BCUT2D eigenvalue weighted by Crippen LogP contribution is 2.31. The largest absolute Gasteiger partial charge is 0.471 e. The molecule has 1 aliphatic rings. The van der Waals surface area contributed by atoms with E-state index in [0.29, 0.717) is 18.4 Å². The van der Waals surface area contributed by atoms with Crippen molar-refractivity contribution in [1.29, 1.82) is 5.26 Å². The highest BCUT2D eigenvalue weighted by Gasteiger charge is 2.43. The van der Waals surface area contributed by atoms with Gasteiger partial charge in [0.15, 0.2) is 0 Å². The van der Waals surface area contributed by atoms with Crippen molar-refractivity contribution in [2.45, 2.75) is 24.9 Å². The average Bonchev–Trinajstić information content (AvgIpc) is 2.45. The van der Waals surface area contributed by atoms with Crippen LogP contribution in [0.25, 0.3) is 0 Å². The van der Waals surface area contributed by atoms with Gasteiger partial charge in [0.1, 0.15) is 0 Å². The molecule has 0 bridgehead atoms. The second-order valence-corrected chi connectivity index (χ2v) is 4.79. The first kappa shape index (κ1) is 14.4. The van der Waals surface area contributed by atoms with Gasteiger partial charge in [0.25, 0.3) is 0 Å². The Morgan fingerprint density at radius 3 is 2.70 bits per heavy atom. The number of alkyl halides is 3. The Morgan fingerprint density at radius 2 is 2.05 bits per heavy atom. The van der Waals surface area contributed by atoms with Gasteiger partial charge in [-0.3, -0.25) is 4.79 Å². The van der Waals surface area contributed by atoms with Crippen molar-refractivity contribution in [2.24, 2.45) is 0 Å². The van der Waals surface area contributed by atoms with E-state index in [1.54, 1.807) is 24.3 Å². The first-order valence-corrected chi connectivity index (χ1v) is 6.28. The molecular formula is C14H13F3N2O. The monoisotopic (exact) mass is 282 g/mol. The summed E-state index contributed by atoms with van der Waals surface area (Å²) in [5.41, 5.74) is 1.17. The van der Waals surface area contributed by atoms with Crippen LogP contribution in [0.1, 0.15) is 29.9 Å². The van der Waals surface area contributed by atoms with E-state index in [2.05, 4.69) is 0 Å². The Hall–Kier alpha value is -2.03. The van der Waals surface area contributed by atoms with Crippen molar-refractivity contribution in [1.82, 2.24) is 4.90 Å². The number of amides is 1. The van der Waals surface area contributed by atoms with Gasteiger partial charge in [-0.2, -0.15) is 18.4 Å². The molecule has 1 aliphatic heterocycles. The van der Waals surface area contributed by atoms with Crippen molar-refractivity contribution in [3.05, 3.63) is 35.4 Å². The number of rotatable bonds is 1. The normalized spacial score (nSPS) is 19.5. The van der Waals surface area contributed by atoms with Crippen LogP contribution in [0, 0.1) is 11.3 Å². The van der Waals surface area contributed by atoms with E-state index in [0.717, 1.165) is 10.5 Å². The Labute approximate surface area is 114 Å². The van der Waals surface area contributed by atoms with Gasteiger partial charge >= 0.3 is 12.1 Å². The molecule has 0 N–H and O–H groups in total. The lowest BCUT2D eigenvalue weighted by Crippen LogP contribution is -2.45. The van der Waals surface area contributed by atoms with Crippen LogP contribution in [0.4, 0.5) is 13.2 Å². The molecule has 0 saturated carbocycles. The van der Waals surface area contributed by atoms with Crippen LogP contribution in [0.3, 0.4) is 0 Å². The minimum Gasteiger partial charge on any atom is -0.334 e. The number of hydrogen-bond donors (Lipinski definition) is 0. The summed E-state index contributed by atoms with van der Waals surface area (Å²) in [7, 11) is 0. The van der Waals surface area contributed by atoms with E-state index in [1.807, 2.05) is 6.07 Å². The molecule has 0 aliphatic carbocycles. The molecule has 0 radical (unpaired) electrons. The number of likely N-dealkylation sites (tertiary alicyclic amines) is 1. The third-order valence-electron chi connectivity index (χ3n) is 3.47. The number of carbonyl (C=O) groups excluding carboxylic acids is 1. The molecule has 0 aromatic heterocycles. The number of carbonyl (C=O) groups is 1. The predicted molar refractivity (Wildman–Crippen MR) is 65.8 cm³/mol. The molecule has 3 nitrogen and oxygen atoms in total. The first-order chi connectivity index (χ1) is 9.43. The van der Waals surface area contributed by atoms with Crippen molar-refractivity contribution >= 4 is 5.91 Å². The van der Waals surface area contributed by atoms with Gasteiger partial charge in [0.05, 0.1) is 11.6 Å². The lowest BCUT2D eigenvalue weighted by molar-refractivity contribution is -0.186. The molecule has 1 heterocycles. The summed E-state index contributed by atoms with van der Waals surface area (Å²) in [5.74, 6) is -2.01. The summed E-state index contributed by atoms with van der Waals surface area (Å²) in [6.45, 7) is 0.126. The Kier molecular flexibility index (Phi) is 3.98. The van der Waals surface area contributed by atoms with E-state index >= 15 is 0 Å². The van der Waals surface area contributed by atoms with Crippen LogP contribution >= 0.6 is 0 Å². The van der Waals surface area contributed by atoms with E-state index in [9.17, 15) is 18.0 Å². The van der Waals surface area contributed by atoms with Crippen LogP contribution in [0.2, 0.25) is 0 Å². The Morgan fingerprint density at radius 1 is 1.35 bits per heavy atom. The number of nitrogens with zero attached hydrogens (tertiary/aromatic N) is 2. The van der Waals surface area contributed by atoms with Crippen LogP contribution in [0.15, 0.2) is 24.3 Å². The molecule has 1 aromatic rings. The Bertz CT molecular complexity index is 548. The van der Waals surface area contributed by atoms with Crippen LogP contribution < -0.4 is 0 Å². The maximum Gasteiger partial charge on any atom is 0.471 e.